The van der Waals surface area contributed by atoms with Gasteiger partial charge in [0.1, 0.15) is 18.5 Å². The fraction of sp³-hybridized carbons (Fsp3) is 0.222. The van der Waals surface area contributed by atoms with Crippen LogP contribution in [0.2, 0.25) is 5.02 Å². The standard InChI is InChI=1S/C27H25BrClFN2O4/c1-2-35-25-10-16(9-21(28)26(25)36-15-17-7-8-19(30)12-22(17)29)13-31-24(27(33)34)11-18-14-32-23-6-4-3-5-20(18)23/h3-10,12,14,24,31-32H,2,11,13,15H2,1H3,(H,33,34)/t24-/m1/s1. The number of hydrogen-bond donors (Lipinski definition) is 3. The van der Waals surface area contributed by atoms with Crippen molar-refractivity contribution >= 4 is 44.4 Å². The van der Waals surface area contributed by atoms with Gasteiger partial charge in [0.25, 0.3) is 0 Å². The van der Waals surface area contributed by atoms with Crippen LogP contribution in [0.4, 0.5) is 4.39 Å². The summed E-state index contributed by atoms with van der Waals surface area (Å²) in [5, 5.41) is 14.2. The Morgan fingerprint density at radius 3 is 2.72 bits per heavy atom. The van der Waals surface area contributed by atoms with Crippen LogP contribution in [0.5, 0.6) is 11.5 Å². The van der Waals surface area contributed by atoms with Crippen LogP contribution in [0.1, 0.15) is 23.6 Å². The Morgan fingerprint density at radius 2 is 1.97 bits per heavy atom. The molecule has 4 aromatic rings. The number of rotatable bonds is 11. The molecular formula is C27H25BrClFN2O4. The Hall–Kier alpha value is -3.07. The number of H-pyrrole nitrogens is 1. The first-order valence-corrected chi connectivity index (χ1v) is 12.6. The molecule has 3 aromatic carbocycles. The minimum absolute atomic E-state index is 0.126. The summed E-state index contributed by atoms with van der Waals surface area (Å²) in [6.07, 6.45) is 2.18. The summed E-state index contributed by atoms with van der Waals surface area (Å²) in [6, 6.07) is 14.8. The SMILES string of the molecule is CCOc1cc(CN[C@H](Cc2c[nH]c3ccccc23)C(=O)O)cc(Br)c1OCc1ccc(F)cc1Cl. The van der Waals surface area contributed by atoms with Crippen molar-refractivity contribution in [2.24, 2.45) is 0 Å². The van der Waals surface area contributed by atoms with Crippen LogP contribution in [0, 0.1) is 5.82 Å². The molecule has 1 atom stereocenters. The van der Waals surface area contributed by atoms with Crippen molar-refractivity contribution < 1.29 is 23.8 Å². The Labute approximate surface area is 221 Å². The topological polar surface area (TPSA) is 83.6 Å². The van der Waals surface area contributed by atoms with Crippen LogP contribution >= 0.6 is 27.5 Å². The van der Waals surface area contributed by atoms with Gasteiger partial charge in [-0.15, -0.1) is 0 Å². The van der Waals surface area contributed by atoms with Crippen LogP contribution in [-0.2, 0) is 24.4 Å². The maximum absolute atomic E-state index is 13.3. The van der Waals surface area contributed by atoms with Crippen LogP contribution in [-0.4, -0.2) is 28.7 Å². The molecule has 0 aliphatic carbocycles. The number of carboxylic acid groups (broad SMARTS) is 1. The number of aliphatic carboxylic acids is 1. The van der Waals surface area contributed by atoms with E-state index in [4.69, 9.17) is 21.1 Å². The van der Waals surface area contributed by atoms with E-state index in [1.807, 2.05) is 49.5 Å². The Morgan fingerprint density at radius 1 is 1.17 bits per heavy atom. The van der Waals surface area contributed by atoms with Gasteiger partial charge in [0.2, 0.25) is 0 Å². The summed E-state index contributed by atoms with van der Waals surface area (Å²) in [5.74, 6) is -0.360. The highest BCUT2D eigenvalue weighted by Gasteiger charge is 2.20. The van der Waals surface area contributed by atoms with E-state index < -0.39 is 17.8 Å². The average molecular weight is 576 g/mol. The highest BCUT2D eigenvalue weighted by Crippen LogP contribution is 2.38. The normalized spacial score (nSPS) is 12.0. The summed E-state index contributed by atoms with van der Waals surface area (Å²) in [6.45, 7) is 2.71. The molecule has 6 nitrogen and oxygen atoms in total. The molecule has 0 bridgehead atoms. The molecule has 0 aliphatic heterocycles. The molecule has 36 heavy (non-hydrogen) atoms. The molecule has 1 heterocycles. The van der Waals surface area contributed by atoms with E-state index >= 15 is 0 Å². The lowest BCUT2D eigenvalue weighted by atomic mass is 10.0. The van der Waals surface area contributed by atoms with Gasteiger partial charge in [-0.05, 0) is 64.3 Å². The third kappa shape index (κ3) is 6.19. The molecule has 4 rings (SSSR count). The first-order chi connectivity index (χ1) is 17.4. The van der Waals surface area contributed by atoms with Crippen molar-refractivity contribution in [1.29, 1.82) is 0 Å². The lowest BCUT2D eigenvalue weighted by molar-refractivity contribution is -0.139. The summed E-state index contributed by atoms with van der Waals surface area (Å²) >= 11 is 9.66. The lowest BCUT2D eigenvalue weighted by Gasteiger charge is -2.18. The van der Waals surface area contributed by atoms with Crippen LogP contribution < -0.4 is 14.8 Å². The predicted octanol–water partition coefficient (Wildman–Crippen LogP) is 6.49. The second-order valence-electron chi connectivity index (χ2n) is 8.20. The number of carboxylic acids is 1. The van der Waals surface area contributed by atoms with Crippen LogP contribution in [0.3, 0.4) is 0 Å². The Balaban J connectivity index is 1.48. The Kier molecular flexibility index (Phi) is 8.51. The summed E-state index contributed by atoms with van der Waals surface area (Å²) in [5.41, 5.74) is 3.37. The van der Waals surface area contributed by atoms with Crippen LogP contribution in [0.15, 0.2) is 65.3 Å². The van der Waals surface area contributed by atoms with Gasteiger partial charge >= 0.3 is 5.97 Å². The quantitative estimate of drug-likeness (QED) is 0.191. The number of aromatic nitrogens is 1. The number of nitrogens with one attached hydrogen (secondary N) is 2. The number of aromatic amines is 1. The van der Waals surface area contributed by atoms with Crippen molar-refractivity contribution in [2.75, 3.05) is 6.61 Å². The molecule has 188 valence electrons. The van der Waals surface area contributed by atoms with Gasteiger partial charge < -0.3 is 24.9 Å². The fourth-order valence-electron chi connectivity index (χ4n) is 3.92. The van der Waals surface area contributed by atoms with Gasteiger partial charge in [-0.1, -0.05) is 35.9 Å². The zero-order valence-electron chi connectivity index (χ0n) is 19.5. The van der Waals surface area contributed by atoms with Gasteiger partial charge in [-0.3, -0.25) is 4.79 Å². The molecule has 1 aromatic heterocycles. The molecule has 0 unspecified atom stereocenters. The van der Waals surface area contributed by atoms with Crippen molar-refractivity contribution in [3.05, 3.63) is 92.8 Å². The Bertz CT molecular complexity index is 1380. The van der Waals surface area contributed by atoms with E-state index in [-0.39, 0.29) is 11.6 Å². The van der Waals surface area contributed by atoms with E-state index in [0.29, 0.717) is 41.1 Å². The number of fused-ring (bicyclic) bond motifs is 1. The minimum Gasteiger partial charge on any atom is -0.490 e. The number of hydrogen-bond acceptors (Lipinski definition) is 4. The van der Waals surface area contributed by atoms with Crippen molar-refractivity contribution in [3.63, 3.8) is 0 Å². The average Bonchev–Trinajstić information content (AvgIpc) is 3.25. The van der Waals surface area contributed by atoms with Gasteiger partial charge in [-0.25, -0.2) is 4.39 Å². The van der Waals surface area contributed by atoms with Crippen molar-refractivity contribution in [1.82, 2.24) is 10.3 Å². The number of benzene rings is 3. The molecule has 0 fully saturated rings. The molecule has 0 saturated carbocycles. The molecule has 9 heteroatoms. The van der Waals surface area contributed by atoms with E-state index in [9.17, 15) is 14.3 Å². The number of halogens is 3. The predicted molar refractivity (Wildman–Crippen MR) is 141 cm³/mol. The minimum atomic E-state index is -0.930. The second kappa shape index (κ2) is 11.8. The molecular weight excluding hydrogens is 551 g/mol. The largest absolute Gasteiger partial charge is 0.490 e. The van der Waals surface area contributed by atoms with E-state index in [0.717, 1.165) is 22.0 Å². The highest BCUT2D eigenvalue weighted by atomic mass is 79.9. The van der Waals surface area contributed by atoms with E-state index in [1.54, 1.807) is 6.07 Å². The first-order valence-electron chi connectivity index (χ1n) is 11.4. The maximum Gasteiger partial charge on any atom is 0.321 e. The van der Waals surface area contributed by atoms with Crippen molar-refractivity contribution in [3.8, 4) is 11.5 Å². The highest BCUT2D eigenvalue weighted by molar-refractivity contribution is 9.10. The summed E-state index contributed by atoms with van der Waals surface area (Å²) in [4.78, 5) is 15.2. The number of carbonyl (C=O) groups is 1. The molecule has 0 aliphatic rings. The monoisotopic (exact) mass is 574 g/mol. The summed E-state index contributed by atoms with van der Waals surface area (Å²) in [7, 11) is 0. The molecule has 3 N–H and O–H groups in total. The number of para-hydroxylation sites is 1. The van der Waals surface area contributed by atoms with Gasteiger partial charge in [-0.2, -0.15) is 0 Å². The van der Waals surface area contributed by atoms with Gasteiger partial charge in [0, 0.05) is 35.6 Å². The third-order valence-electron chi connectivity index (χ3n) is 5.71. The van der Waals surface area contributed by atoms with E-state index in [2.05, 4.69) is 26.2 Å². The smallest absolute Gasteiger partial charge is 0.321 e. The summed E-state index contributed by atoms with van der Waals surface area (Å²) < 4.78 is 25.7. The van der Waals surface area contributed by atoms with Crippen molar-refractivity contribution in [2.45, 2.75) is 32.5 Å². The fourth-order valence-corrected chi connectivity index (χ4v) is 4.75. The zero-order chi connectivity index (χ0) is 25.7. The van der Waals surface area contributed by atoms with E-state index in [1.165, 1.54) is 12.1 Å². The first kappa shape index (κ1) is 26.0. The van der Waals surface area contributed by atoms with Gasteiger partial charge in [0.15, 0.2) is 11.5 Å². The number of ether oxygens (including phenoxy) is 2. The van der Waals surface area contributed by atoms with Gasteiger partial charge in [0.05, 0.1) is 16.1 Å². The molecule has 0 saturated heterocycles. The second-order valence-corrected chi connectivity index (χ2v) is 9.46. The zero-order valence-corrected chi connectivity index (χ0v) is 21.8. The lowest BCUT2D eigenvalue weighted by Crippen LogP contribution is -2.38. The molecule has 0 amide bonds. The molecule has 0 spiro atoms. The molecule has 0 radical (unpaired) electrons. The van der Waals surface area contributed by atoms with Crippen LogP contribution in [0.25, 0.3) is 10.9 Å². The third-order valence-corrected chi connectivity index (χ3v) is 6.65. The maximum atomic E-state index is 13.3.